The standard InChI is InChI=1S/C19H19N5OS/c1-3-25-16-9-7-14(8-10-16)18-21-22-19(23(18)2)26-13-15-12-24-11-5-4-6-17(24)20-15/h4-12H,3,13H2,1-2H3. The smallest absolute Gasteiger partial charge is 0.191 e. The van der Waals surface area contributed by atoms with E-state index in [0.717, 1.165) is 39.4 Å². The van der Waals surface area contributed by atoms with Gasteiger partial charge in [-0.15, -0.1) is 10.2 Å². The lowest BCUT2D eigenvalue weighted by molar-refractivity contribution is 0.340. The van der Waals surface area contributed by atoms with Gasteiger partial charge < -0.3 is 13.7 Å². The van der Waals surface area contributed by atoms with Crippen molar-refractivity contribution < 1.29 is 4.74 Å². The first-order valence-electron chi connectivity index (χ1n) is 8.42. The van der Waals surface area contributed by atoms with Crippen LogP contribution in [0.15, 0.2) is 60.0 Å². The molecule has 0 saturated carbocycles. The van der Waals surface area contributed by atoms with Crippen molar-refractivity contribution in [1.29, 1.82) is 0 Å². The molecule has 0 radical (unpaired) electrons. The number of imidazole rings is 1. The fourth-order valence-electron chi connectivity index (χ4n) is 2.75. The maximum atomic E-state index is 5.49. The molecule has 0 aliphatic carbocycles. The highest BCUT2D eigenvalue weighted by Crippen LogP contribution is 2.26. The molecular weight excluding hydrogens is 346 g/mol. The third-order valence-electron chi connectivity index (χ3n) is 4.02. The van der Waals surface area contributed by atoms with Crippen LogP contribution < -0.4 is 4.74 Å². The third-order valence-corrected chi connectivity index (χ3v) is 5.08. The van der Waals surface area contributed by atoms with Crippen LogP contribution in [0.25, 0.3) is 17.0 Å². The van der Waals surface area contributed by atoms with Crippen molar-refractivity contribution in [2.75, 3.05) is 6.61 Å². The lowest BCUT2D eigenvalue weighted by atomic mass is 10.2. The minimum absolute atomic E-state index is 0.660. The van der Waals surface area contributed by atoms with E-state index in [9.17, 15) is 0 Å². The molecule has 0 fully saturated rings. The monoisotopic (exact) mass is 365 g/mol. The lowest BCUT2D eigenvalue weighted by Crippen LogP contribution is -1.96. The van der Waals surface area contributed by atoms with E-state index in [0.29, 0.717) is 6.61 Å². The molecule has 3 heterocycles. The summed E-state index contributed by atoms with van der Waals surface area (Å²) < 4.78 is 9.52. The summed E-state index contributed by atoms with van der Waals surface area (Å²) in [6.45, 7) is 2.64. The Labute approximate surface area is 155 Å². The molecule has 1 aromatic carbocycles. The molecule has 0 N–H and O–H groups in total. The van der Waals surface area contributed by atoms with E-state index in [1.165, 1.54) is 0 Å². The molecule has 7 heteroatoms. The van der Waals surface area contributed by atoms with E-state index < -0.39 is 0 Å². The van der Waals surface area contributed by atoms with Crippen LogP contribution in [0.4, 0.5) is 0 Å². The van der Waals surface area contributed by atoms with Crippen molar-refractivity contribution >= 4 is 17.4 Å². The van der Waals surface area contributed by atoms with Crippen molar-refractivity contribution in [1.82, 2.24) is 24.1 Å². The molecule has 26 heavy (non-hydrogen) atoms. The number of thioether (sulfide) groups is 1. The van der Waals surface area contributed by atoms with Gasteiger partial charge >= 0.3 is 0 Å². The molecule has 0 unspecified atom stereocenters. The summed E-state index contributed by atoms with van der Waals surface area (Å²) in [5.41, 5.74) is 2.99. The molecule has 3 aromatic heterocycles. The predicted molar refractivity (Wildman–Crippen MR) is 102 cm³/mol. The number of rotatable bonds is 6. The van der Waals surface area contributed by atoms with E-state index in [2.05, 4.69) is 15.2 Å². The van der Waals surface area contributed by atoms with Gasteiger partial charge in [0.1, 0.15) is 11.4 Å². The van der Waals surface area contributed by atoms with Crippen molar-refractivity contribution in [2.45, 2.75) is 17.8 Å². The second-order valence-corrected chi connectivity index (χ2v) is 6.75. The quantitative estimate of drug-likeness (QED) is 0.486. The highest BCUT2D eigenvalue weighted by atomic mass is 32.2. The summed E-state index contributed by atoms with van der Waals surface area (Å²) in [6, 6.07) is 13.9. The van der Waals surface area contributed by atoms with Gasteiger partial charge in [0.2, 0.25) is 0 Å². The Bertz CT molecular complexity index is 989. The van der Waals surface area contributed by atoms with Crippen LogP contribution in [-0.2, 0) is 12.8 Å². The second-order valence-electron chi connectivity index (χ2n) is 5.81. The van der Waals surface area contributed by atoms with Gasteiger partial charge in [-0.3, -0.25) is 0 Å². The van der Waals surface area contributed by atoms with E-state index in [-0.39, 0.29) is 0 Å². The maximum absolute atomic E-state index is 5.49. The number of fused-ring (bicyclic) bond motifs is 1. The molecule has 0 atom stereocenters. The van der Waals surface area contributed by atoms with Gasteiger partial charge in [0.05, 0.1) is 12.3 Å². The van der Waals surface area contributed by atoms with Crippen LogP contribution in [0.1, 0.15) is 12.6 Å². The molecule has 0 aliphatic heterocycles. The Morgan fingerprint density at radius 1 is 1.08 bits per heavy atom. The van der Waals surface area contributed by atoms with Gasteiger partial charge in [-0.25, -0.2) is 4.98 Å². The first kappa shape index (κ1) is 16.7. The largest absolute Gasteiger partial charge is 0.494 e. The van der Waals surface area contributed by atoms with Gasteiger partial charge in [0.15, 0.2) is 11.0 Å². The molecule has 0 aliphatic rings. The Hall–Kier alpha value is -2.80. The number of pyridine rings is 1. The number of hydrogen-bond acceptors (Lipinski definition) is 5. The summed E-state index contributed by atoms with van der Waals surface area (Å²) >= 11 is 1.63. The Morgan fingerprint density at radius 3 is 2.69 bits per heavy atom. The zero-order valence-corrected chi connectivity index (χ0v) is 15.5. The van der Waals surface area contributed by atoms with Crippen LogP contribution in [0.2, 0.25) is 0 Å². The fourth-order valence-corrected chi connectivity index (χ4v) is 3.55. The predicted octanol–water partition coefficient (Wildman–Crippen LogP) is 3.82. The van der Waals surface area contributed by atoms with Crippen LogP contribution in [-0.4, -0.2) is 30.8 Å². The third kappa shape index (κ3) is 3.30. The summed E-state index contributed by atoms with van der Waals surface area (Å²) in [7, 11) is 1.98. The molecule has 132 valence electrons. The fraction of sp³-hybridized carbons (Fsp3) is 0.211. The summed E-state index contributed by atoms with van der Waals surface area (Å²) in [6.07, 6.45) is 4.05. The first-order chi connectivity index (χ1) is 12.7. The molecule has 0 amide bonds. The summed E-state index contributed by atoms with van der Waals surface area (Å²) in [4.78, 5) is 4.62. The molecule has 4 aromatic rings. The van der Waals surface area contributed by atoms with Gasteiger partial charge in [0, 0.05) is 30.8 Å². The second kappa shape index (κ2) is 7.21. The van der Waals surface area contributed by atoms with Gasteiger partial charge in [0.25, 0.3) is 0 Å². The first-order valence-corrected chi connectivity index (χ1v) is 9.41. The topological polar surface area (TPSA) is 57.2 Å². The highest BCUT2D eigenvalue weighted by Gasteiger charge is 2.12. The zero-order valence-electron chi connectivity index (χ0n) is 14.7. The Morgan fingerprint density at radius 2 is 1.92 bits per heavy atom. The Kier molecular flexibility index (Phi) is 4.62. The van der Waals surface area contributed by atoms with Crippen molar-refractivity contribution in [3.63, 3.8) is 0 Å². The number of hydrogen-bond donors (Lipinski definition) is 0. The normalized spacial score (nSPS) is 11.2. The van der Waals surface area contributed by atoms with E-state index in [1.54, 1.807) is 11.8 Å². The minimum Gasteiger partial charge on any atom is -0.494 e. The van der Waals surface area contributed by atoms with Gasteiger partial charge in [-0.05, 0) is 43.3 Å². The molecule has 0 spiro atoms. The molecule has 0 saturated heterocycles. The Balaban J connectivity index is 1.49. The molecular formula is C19H19N5OS. The van der Waals surface area contributed by atoms with E-state index in [4.69, 9.17) is 4.74 Å². The summed E-state index contributed by atoms with van der Waals surface area (Å²) in [5.74, 6) is 2.45. The van der Waals surface area contributed by atoms with Crippen molar-refractivity contribution in [3.05, 3.63) is 60.6 Å². The molecule has 6 nitrogen and oxygen atoms in total. The number of ether oxygens (including phenoxy) is 1. The zero-order chi connectivity index (χ0) is 17.9. The lowest BCUT2D eigenvalue weighted by Gasteiger charge is -2.05. The van der Waals surface area contributed by atoms with Gasteiger partial charge in [-0.1, -0.05) is 17.8 Å². The SMILES string of the molecule is CCOc1ccc(-c2nnc(SCc3cn4ccccc4n3)n2C)cc1. The average Bonchev–Trinajstić information content (AvgIpc) is 3.24. The van der Waals surface area contributed by atoms with E-state index >= 15 is 0 Å². The van der Waals surface area contributed by atoms with Crippen molar-refractivity contribution in [3.8, 4) is 17.1 Å². The highest BCUT2D eigenvalue weighted by molar-refractivity contribution is 7.98. The molecule has 4 rings (SSSR count). The minimum atomic E-state index is 0.660. The van der Waals surface area contributed by atoms with Crippen LogP contribution in [0.3, 0.4) is 0 Å². The summed E-state index contributed by atoms with van der Waals surface area (Å²) in [5, 5.41) is 9.54. The number of nitrogens with zero attached hydrogens (tertiary/aromatic N) is 5. The van der Waals surface area contributed by atoms with Crippen LogP contribution >= 0.6 is 11.8 Å². The van der Waals surface area contributed by atoms with Crippen LogP contribution in [0, 0.1) is 0 Å². The molecule has 0 bridgehead atoms. The van der Waals surface area contributed by atoms with Crippen LogP contribution in [0.5, 0.6) is 5.75 Å². The maximum Gasteiger partial charge on any atom is 0.191 e. The number of aromatic nitrogens is 5. The van der Waals surface area contributed by atoms with Gasteiger partial charge in [-0.2, -0.15) is 0 Å². The van der Waals surface area contributed by atoms with Crippen molar-refractivity contribution in [2.24, 2.45) is 7.05 Å². The number of benzene rings is 1. The van der Waals surface area contributed by atoms with E-state index in [1.807, 2.05) is 77.8 Å². The average molecular weight is 365 g/mol.